The first kappa shape index (κ1) is 13.9. The summed E-state index contributed by atoms with van der Waals surface area (Å²) in [5.41, 5.74) is 6.80. The predicted octanol–water partition coefficient (Wildman–Crippen LogP) is 2.51. The Morgan fingerprint density at radius 3 is 2.65 bits per heavy atom. The molecule has 17 heavy (non-hydrogen) atoms. The molecule has 1 rings (SSSR count). The van der Waals surface area contributed by atoms with Crippen molar-refractivity contribution in [3.05, 3.63) is 22.2 Å². The normalized spacial score (nSPS) is 10.1. The third-order valence-electron chi connectivity index (χ3n) is 2.10. The molecule has 0 atom stereocenters. The zero-order valence-electron chi connectivity index (χ0n) is 9.52. The number of carbonyl (C=O) groups is 1. The molecule has 0 unspecified atom stereocenters. The maximum atomic E-state index is 11.4. The van der Waals surface area contributed by atoms with E-state index in [1.54, 1.807) is 12.1 Å². The van der Waals surface area contributed by atoms with Gasteiger partial charge in [0.05, 0.1) is 28.0 Å². The molecule has 0 saturated carbocycles. The molecule has 0 fully saturated rings. The van der Waals surface area contributed by atoms with Crippen LogP contribution >= 0.6 is 23.2 Å². The molecule has 94 valence electrons. The van der Waals surface area contributed by atoms with Gasteiger partial charge in [0.1, 0.15) is 0 Å². The van der Waals surface area contributed by atoms with Crippen molar-refractivity contribution in [2.75, 3.05) is 24.1 Å². The molecule has 0 aliphatic rings. The number of rotatable bonds is 5. The number of nitrogens with one attached hydrogen (secondary N) is 2. The van der Waals surface area contributed by atoms with E-state index in [0.29, 0.717) is 28.0 Å². The van der Waals surface area contributed by atoms with Gasteiger partial charge in [-0.1, -0.05) is 30.1 Å². The Morgan fingerprint density at radius 2 is 2.00 bits per heavy atom. The van der Waals surface area contributed by atoms with Gasteiger partial charge in [0.2, 0.25) is 5.91 Å². The third-order valence-corrected chi connectivity index (χ3v) is 2.83. The standard InChI is InChI=1S/C11H15Cl2N3O/c1-2-3-15-11(17)6-16-10-5-8(13)7(12)4-9(10)14/h4-5,16H,2-3,6,14H2,1H3,(H,15,17). The van der Waals surface area contributed by atoms with Crippen LogP contribution in [0.5, 0.6) is 0 Å². The van der Waals surface area contributed by atoms with Crippen LogP contribution < -0.4 is 16.4 Å². The third kappa shape index (κ3) is 4.32. The highest BCUT2D eigenvalue weighted by Gasteiger charge is 2.06. The molecule has 0 bridgehead atoms. The average molecular weight is 276 g/mol. The molecule has 4 nitrogen and oxygen atoms in total. The topological polar surface area (TPSA) is 67.2 Å². The van der Waals surface area contributed by atoms with Gasteiger partial charge in [0.25, 0.3) is 0 Å². The highest BCUT2D eigenvalue weighted by atomic mass is 35.5. The second-order valence-corrected chi connectivity index (χ2v) is 4.37. The fraction of sp³-hybridized carbons (Fsp3) is 0.364. The molecule has 6 heteroatoms. The largest absolute Gasteiger partial charge is 0.397 e. The van der Waals surface area contributed by atoms with Crippen molar-refractivity contribution in [2.24, 2.45) is 0 Å². The van der Waals surface area contributed by atoms with Gasteiger partial charge in [-0.3, -0.25) is 4.79 Å². The van der Waals surface area contributed by atoms with Crippen LogP contribution in [0.15, 0.2) is 12.1 Å². The van der Waals surface area contributed by atoms with Crippen LogP contribution in [0, 0.1) is 0 Å². The van der Waals surface area contributed by atoms with E-state index in [4.69, 9.17) is 28.9 Å². The molecule has 0 spiro atoms. The van der Waals surface area contributed by atoms with E-state index in [1.807, 2.05) is 6.92 Å². The number of halogens is 2. The molecule has 1 aromatic rings. The number of carbonyl (C=O) groups excluding carboxylic acids is 1. The summed E-state index contributed by atoms with van der Waals surface area (Å²) in [7, 11) is 0. The summed E-state index contributed by atoms with van der Waals surface area (Å²) in [6, 6.07) is 3.16. The van der Waals surface area contributed by atoms with Crippen molar-refractivity contribution in [1.29, 1.82) is 0 Å². The minimum absolute atomic E-state index is 0.0858. The molecule has 4 N–H and O–H groups in total. The summed E-state index contributed by atoms with van der Waals surface area (Å²) in [5, 5.41) is 6.45. The quantitative estimate of drug-likeness (QED) is 0.724. The van der Waals surface area contributed by atoms with Crippen molar-refractivity contribution >= 4 is 40.5 Å². The van der Waals surface area contributed by atoms with Crippen LogP contribution in [0.3, 0.4) is 0 Å². The molecule has 0 aromatic heterocycles. The van der Waals surface area contributed by atoms with Gasteiger partial charge >= 0.3 is 0 Å². The smallest absolute Gasteiger partial charge is 0.239 e. The molecule has 1 aromatic carbocycles. The summed E-state index contributed by atoms with van der Waals surface area (Å²) >= 11 is 11.7. The van der Waals surface area contributed by atoms with Gasteiger partial charge in [-0.25, -0.2) is 0 Å². The number of nitrogen functional groups attached to an aromatic ring is 1. The lowest BCUT2D eigenvalue weighted by Gasteiger charge is -2.10. The average Bonchev–Trinajstić information content (AvgIpc) is 2.29. The van der Waals surface area contributed by atoms with Gasteiger partial charge in [0, 0.05) is 6.54 Å². The maximum absolute atomic E-state index is 11.4. The Labute approximate surface area is 110 Å². The maximum Gasteiger partial charge on any atom is 0.239 e. The highest BCUT2D eigenvalue weighted by molar-refractivity contribution is 6.42. The fourth-order valence-electron chi connectivity index (χ4n) is 1.22. The molecule has 0 saturated heterocycles. The zero-order chi connectivity index (χ0) is 12.8. The van der Waals surface area contributed by atoms with Gasteiger partial charge in [-0.2, -0.15) is 0 Å². The first-order chi connectivity index (χ1) is 8.04. The Balaban J connectivity index is 2.57. The van der Waals surface area contributed by atoms with E-state index in [9.17, 15) is 4.79 Å². The molecular weight excluding hydrogens is 261 g/mol. The van der Waals surface area contributed by atoms with Gasteiger partial charge in [-0.15, -0.1) is 0 Å². The van der Waals surface area contributed by atoms with E-state index in [1.165, 1.54) is 0 Å². The first-order valence-corrected chi connectivity index (χ1v) is 6.05. The number of hydrogen-bond acceptors (Lipinski definition) is 3. The molecule has 1 amide bonds. The number of benzene rings is 1. The summed E-state index contributed by atoms with van der Waals surface area (Å²) in [4.78, 5) is 11.4. The van der Waals surface area contributed by atoms with Crippen molar-refractivity contribution < 1.29 is 4.79 Å². The Morgan fingerprint density at radius 1 is 1.35 bits per heavy atom. The zero-order valence-corrected chi connectivity index (χ0v) is 11.0. The monoisotopic (exact) mass is 275 g/mol. The number of anilines is 2. The molecule has 0 radical (unpaired) electrons. The van der Waals surface area contributed by atoms with Gasteiger partial charge in [0.15, 0.2) is 0 Å². The van der Waals surface area contributed by atoms with Crippen molar-refractivity contribution in [3.8, 4) is 0 Å². The lowest BCUT2D eigenvalue weighted by Crippen LogP contribution is -2.30. The Kier molecular flexibility index (Phi) is 5.38. The molecular formula is C11H15Cl2N3O. The Bertz CT molecular complexity index is 410. The summed E-state index contributed by atoms with van der Waals surface area (Å²) in [6.45, 7) is 2.81. The van der Waals surface area contributed by atoms with Crippen LogP contribution in [0.1, 0.15) is 13.3 Å². The second-order valence-electron chi connectivity index (χ2n) is 3.56. The van der Waals surface area contributed by atoms with Gasteiger partial charge in [-0.05, 0) is 18.6 Å². The van der Waals surface area contributed by atoms with Crippen molar-refractivity contribution in [2.45, 2.75) is 13.3 Å². The van der Waals surface area contributed by atoms with Crippen LogP contribution in [0.2, 0.25) is 10.0 Å². The summed E-state index contributed by atoms with van der Waals surface area (Å²) in [6.07, 6.45) is 0.903. The van der Waals surface area contributed by atoms with Crippen LogP contribution in [0.4, 0.5) is 11.4 Å². The van der Waals surface area contributed by atoms with Crippen molar-refractivity contribution in [3.63, 3.8) is 0 Å². The minimum Gasteiger partial charge on any atom is -0.397 e. The predicted molar refractivity (Wildman–Crippen MR) is 72.7 cm³/mol. The summed E-state index contributed by atoms with van der Waals surface area (Å²) in [5.74, 6) is -0.0858. The minimum atomic E-state index is -0.0858. The van der Waals surface area contributed by atoms with E-state index in [0.717, 1.165) is 6.42 Å². The molecule has 0 heterocycles. The van der Waals surface area contributed by atoms with Crippen molar-refractivity contribution in [1.82, 2.24) is 5.32 Å². The van der Waals surface area contributed by atoms with Crippen LogP contribution in [-0.4, -0.2) is 19.0 Å². The SMILES string of the molecule is CCCNC(=O)CNc1cc(Cl)c(Cl)cc1N. The number of nitrogens with two attached hydrogens (primary N) is 1. The van der Waals surface area contributed by atoms with Crippen LogP contribution in [0.25, 0.3) is 0 Å². The molecule has 0 aliphatic heterocycles. The van der Waals surface area contributed by atoms with Crippen LogP contribution in [-0.2, 0) is 4.79 Å². The lowest BCUT2D eigenvalue weighted by atomic mass is 10.2. The van der Waals surface area contributed by atoms with Gasteiger partial charge < -0.3 is 16.4 Å². The van der Waals surface area contributed by atoms with E-state index >= 15 is 0 Å². The van der Waals surface area contributed by atoms with E-state index in [2.05, 4.69) is 10.6 Å². The Hall–Kier alpha value is -1.13. The number of amides is 1. The van der Waals surface area contributed by atoms with E-state index in [-0.39, 0.29) is 12.5 Å². The first-order valence-electron chi connectivity index (χ1n) is 5.29. The highest BCUT2D eigenvalue weighted by Crippen LogP contribution is 2.30. The van der Waals surface area contributed by atoms with E-state index < -0.39 is 0 Å². The lowest BCUT2D eigenvalue weighted by molar-refractivity contribution is -0.119. The summed E-state index contributed by atoms with van der Waals surface area (Å²) < 4.78 is 0. The second kappa shape index (κ2) is 6.57. The fourth-order valence-corrected chi connectivity index (χ4v) is 1.55. The molecule has 0 aliphatic carbocycles. The number of hydrogen-bond donors (Lipinski definition) is 3.